The summed E-state index contributed by atoms with van der Waals surface area (Å²) in [6, 6.07) is 6.65. The summed E-state index contributed by atoms with van der Waals surface area (Å²) in [6.45, 7) is 0.761. The molecule has 3 nitrogen and oxygen atoms in total. The zero-order valence-corrected chi connectivity index (χ0v) is 11.7. The average molecular weight is 257 g/mol. The summed E-state index contributed by atoms with van der Waals surface area (Å²) in [4.78, 5) is 4.85. The number of nitrogens with zero attached hydrogens (tertiary/aromatic N) is 2. The molecule has 1 fully saturated rings. The van der Waals surface area contributed by atoms with Crippen LogP contribution in [0, 0.1) is 0 Å². The lowest BCUT2D eigenvalue weighted by atomic mass is 10.1. The maximum Gasteiger partial charge on any atom is 0.112 e. The summed E-state index contributed by atoms with van der Waals surface area (Å²) in [5.41, 5.74) is 9.38. The van der Waals surface area contributed by atoms with E-state index < -0.39 is 0 Å². The van der Waals surface area contributed by atoms with E-state index in [9.17, 15) is 0 Å². The van der Waals surface area contributed by atoms with Gasteiger partial charge in [-0.25, -0.2) is 4.98 Å². The second-order valence-electron chi connectivity index (χ2n) is 5.73. The van der Waals surface area contributed by atoms with Crippen molar-refractivity contribution < 1.29 is 0 Å². The van der Waals surface area contributed by atoms with E-state index in [-0.39, 0.29) is 0 Å². The Balaban J connectivity index is 1.95. The van der Waals surface area contributed by atoms with Gasteiger partial charge in [-0.2, -0.15) is 0 Å². The number of rotatable bonds is 4. The van der Waals surface area contributed by atoms with Crippen molar-refractivity contribution in [2.24, 2.45) is 12.8 Å². The lowest BCUT2D eigenvalue weighted by Crippen LogP contribution is -2.02. The predicted octanol–water partition coefficient (Wildman–Crippen LogP) is 3.12. The maximum atomic E-state index is 5.59. The first-order chi connectivity index (χ1) is 9.29. The fourth-order valence-electron chi connectivity index (χ4n) is 3.26. The Kier molecular flexibility index (Phi) is 3.56. The molecular weight excluding hydrogens is 234 g/mol. The highest BCUT2D eigenvalue weighted by Gasteiger charge is 2.22. The van der Waals surface area contributed by atoms with Crippen molar-refractivity contribution in [3.63, 3.8) is 0 Å². The van der Waals surface area contributed by atoms with Gasteiger partial charge >= 0.3 is 0 Å². The molecule has 1 aromatic heterocycles. The van der Waals surface area contributed by atoms with E-state index in [4.69, 9.17) is 10.7 Å². The molecule has 0 aliphatic heterocycles. The molecule has 2 N–H and O–H groups in total. The third-order valence-corrected chi connectivity index (χ3v) is 4.37. The quantitative estimate of drug-likeness (QED) is 0.914. The molecule has 1 aromatic carbocycles. The highest BCUT2D eigenvalue weighted by molar-refractivity contribution is 5.77. The maximum absolute atomic E-state index is 5.59. The molecule has 0 bridgehead atoms. The third-order valence-electron chi connectivity index (χ3n) is 4.37. The molecule has 3 rings (SSSR count). The summed E-state index contributed by atoms with van der Waals surface area (Å²) < 4.78 is 2.30. The van der Waals surface area contributed by atoms with Gasteiger partial charge in [0.25, 0.3) is 0 Å². The van der Waals surface area contributed by atoms with Crippen LogP contribution < -0.4 is 5.73 Å². The predicted molar refractivity (Wildman–Crippen MR) is 79.3 cm³/mol. The van der Waals surface area contributed by atoms with Crippen LogP contribution in [0.3, 0.4) is 0 Å². The van der Waals surface area contributed by atoms with Crippen molar-refractivity contribution in [2.45, 2.75) is 44.4 Å². The van der Waals surface area contributed by atoms with Crippen molar-refractivity contribution in [3.05, 3.63) is 29.6 Å². The molecule has 0 saturated heterocycles. The van der Waals surface area contributed by atoms with Crippen LogP contribution in [-0.4, -0.2) is 16.1 Å². The molecule has 1 aliphatic rings. The Hall–Kier alpha value is -1.35. The van der Waals surface area contributed by atoms with Gasteiger partial charge in [-0.1, -0.05) is 18.9 Å². The molecule has 0 atom stereocenters. The number of benzene rings is 1. The Bertz CT molecular complexity index is 565. The van der Waals surface area contributed by atoms with Gasteiger partial charge in [-0.3, -0.25) is 0 Å². The number of imidazole rings is 1. The zero-order valence-electron chi connectivity index (χ0n) is 11.7. The summed E-state index contributed by atoms with van der Waals surface area (Å²) in [6.07, 6.45) is 7.44. The number of nitrogens with two attached hydrogens (primary N) is 1. The SMILES string of the molecule is Cn1c(C2CCCC2)nc2ccc(CCCN)cc21. The summed E-state index contributed by atoms with van der Waals surface area (Å²) in [5, 5.41) is 0. The van der Waals surface area contributed by atoms with Crippen LogP contribution in [0.1, 0.15) is 49.4 Å². The summed E-state index contributed by atoms with van der Waals surface area (Å²) in [5.74, 6) is 1.95. The van der Waals surface area contributed by atoms with Crippen molar-refractivity contribution in [1.82, 2.24) is 9.55 Å². The van der Waals surface area contributed by atoms with E-state index in [0.717, 1.165) is 24.9 Å². The van der Waals surface area contributed by atoms with Gasteiger partial charge in [0, 0.05) is 13.0 Å². The van der Waals surface area contributed by atoms with Gasteiger partial charge in [0.15, 0.2) is 0 Å². The van der Waals surface area contributed by atoms with Crippen LogP contribution >= 0.6 is 0 Å². The summed E-state index contributed by atoms with van der Waals surface area (Å²) in [7, 11) is 2.16. The molecule has 19 heavy (non-hydrogen) atoms. The van der Waals surface area contributed by atoms with Crippen LogP contribution in [-0.2, 0) is 13.5 Å². The third kappa shape index (κ3) is 2.39. The topological polar surface area (TPSA) is 43.8 Å². The smallest absolute Gasteiger partial charge is 0.112 e. The molecule has 0 radical (unpaired) electrons. The number of hydrogen-bond donors (Lipinski definition) is 1. The summed E-state index contributed by atoms with van der Waals surface area (Å²) >= 11 is 0. The first-order valence-electron chi connectivity index (χ1n) is 7.45. The standard InChI is InChI=1S/C16H23N3/c1-19-15-11-12(5-4-10-17)8-9-14(15)18-16(19)13-6-2-3-7-13/h8-9,11,13H,2-7,10,17H2,1H3. The molecule has 0 unspecified atom stereocenters. The van der Waals surface area contributed by atoms with Crippen LogP contribution in [0.25, 0.3) is 11.0 Å². The molecular formula is C16H23N3. The van der Waals surface area contributed by atoms with E-state index in [2.05, 4.69) is 29.8 Å². The normalized spacial score (nSPS) is 16.5. The van der Waals surface area contributed by atoms with Crippen molar-refractivity contribution in [2.75, 3.05) is 6.54 Å². The van der Waals surface area contributed by atoms with Crippen molar-refractivity contribution in [3.8, 4) is 0 Å². The van der Waals surface area contributed by atoms with Crippen molar-refractivity contribution in [1.29, 1.82) is 0 Å². The number of aromatic nitrogens is 2. The second kappa shape index (κ2) is 5.33. The minimum Gasteiger partial charge on any atom is -0.331 e. The van der Waals surface area contributed by atoms with Gasteiger partial charge in [0.05, 0.1) is 11.0 Å². The highest BCUT2D eigenvalue weighted by Crippen LogP contribution is 2.34. The van der Waals surface area contributed by atoms with Crippen LogP contribution in [0.2, 0.25) is 0 Å². The highest BCUT2D eigenvalue weighted by atomic mass is 15.1. The van der Waals surface area contributed by atoms with Gasteiger partial charge in [0.1, 0.15) is 5.82 Å². The molecule has 0 amide bonds. The molecule has 1 aliphatic carbocycles. The molecule has 1 heterocycles. The molecule has 2 aromatic rings. The van der Waals surface area contributed by atoms with E-state index in [1.165, 1.54) is 42.6 Å². The molecule has 1 saturated carbocycles. The lowest BCUT2D eigenvalue weighted by molar-refractivity contribution is 0.639. The molecule has 102 valence electrons. The average Bonchev–Trinajstić information content (AvgIpc) is 3.05. The van der Waals surface area contributed by atoms with Crippen LogP contribution in [0.15, 0.2) is 18.2 Å². The van der Waals surface area contributed by atoms with Crippen molar-refractivity contribution >= 4 is 11.0 Å². The molecule has 0 spiro atoms. The Labute approximate surface area is 114 Å². The Morgan fingerprint density at radius 1 is 1.32 bits per heavy atom. The largest absolute Gasteiger partial charge is 0.331 e. The van der Waals surface area contributed by atoms with E-state index >= 15 is 0 Å². The van der Waals surface area contributed by atoms with Crippen LogP contribution in [0.5, 0.6) is 0 Å². The van der Waals surface area contributed by atoms with E-state index in [0.29, 0.717) is 5.92 Å². The molecule has 3 heteroatoms. The second-order valence-corrected chi connectivity index (χ2v) is 5.73. The first-order valence-corrected chi connectivity index (χ1v) is 7.45. The number of hydrogen-bond acceptors (Lipinski definition) is 2. The Morgan fingerprint density at radius 2 is 2.11 bits per heavy atom. The Morgan fingerprint density at radius 3 is 2.84 bits per heavy atom. The minimum atomic E-state index is 0.671. The van der Waals surface area contributed by atoms with Gasteiger partial charge in [0.2, 0.25) is 0 Å². The van der Waals surface area contributed by atoms with E-state index in [1.807, 2.05) is 0 Å². The zero-order chi connectivity index (χ0) is 13.2. The van der Waals surface area contributed by atoms with Gasteiger partial charge < -0.3 is 10.3 Å². The lowest BCUT2D eigenvalue weighted by Gasteiger charge is -2.08. The monoisotopic (exact) mass is 257 g/mol. The number of aryl methyl sites for hydroxylation is 2. The van der Waals surface area contributed by atoms with Gasteiger partial charge in [-0.15, -0.1) is 0 Å². The fraction of sp³-hybridized carbons (Fsp3) is 0.562. The number of fused-ring (bicyclic) bond motifs is 1. The fourth-order valence-corrected chi connectivity index (χ4v) is 3.26. The van der Waals surface area contributed by atoms with E-state index in [1.54, 1.807) is 0 Å². The van der Waals surface area contributed by atoms with Gasteiger partial charge in [-0.05, 0) is 49.9 Å². The first kappa shape index (κ1) is 12.7. The minimum absolute atomic E-state index is 0.671. The van der Waals surface area contributed by atoms with Crippen LogP contribution in [0.4, 0.5) is 0 Å².